The zero-order valence-corrected chi connectivity index (χ0v) is 8.21. The summed E-state index contributed by atoms with van der Waals surface area (Å²) in [6.07, 6.45) is 0.275. The van der Waals surface area contributed by atoms with Gasteiger partial charge in [0.15, 0.2) is 0 Å². The Bertz CT molecular complexity index is 184. The molecule has 0 aromatic heterocycles. The van der Waals surface area contributed by atoms with Crippen molar-refractivity contribution in [1.82, 2.24) is 10.6 Å². The van der Waals surface area contributed by atoms with Gasteiger partial charge in [-0.15, -0.1) is 0 Å². The van der Waals surface area contributed by atoms with Gasteiger partial charge < -0.3 is 20.5 Å². The predicted octanol–water partition coefficient (Wildman–Crippen LogP) is -1.19. The Hall–Kier alpha value is -1.14. The number of carbonyl (C=O) groups excluding carboxylic acids is 1. The lowest BCUT2D eigenvalue weighted by Crippen LogP contribution is -2.31. The summed E-state index contributed by atoms with van der Waals surface area (Å²) in [6.45, 7) is 1.21. The molecule has 0 saturated carbocycles. The molecule has 0 unspecified atom stereocenters. The van der Waals surface area contributed by atoms with E-state index in [1.165, 1.54) is 0 Å². The number of methoxy groups -OCH3 is 1. The van der Waals surface area contributed by atoms with Gasteiger partial charge in [-0.25, -0.2) is 0 Å². The smallest absolute Gasteiger partial charge is 0.317 e. The number of ether oxygens (including phenoxy) is 1. The largest absolute Gasteiger partial charge is 0.480 e. The standard InChI is InChI=1S/C8H16N2O4/c1-14-5-4-10-7(11)2-3-9-6-8(12)13/h9H,2-6H2,1H3,(H,10,11)(H,12,13). The number of carboxylic acid groups (broad SMARTS) is 1. The van der Waals surface area contributed by atoms with Gasteiger partial charge in [-0.1, -0.05) is 0 Å². The molecule has 0 bridgehead atoms. The lowest BCUT2D eigenvalue weighted by molar-refractivity contribution is -0.136. The zero-order valence-electron chi connectivity index (χ0n) is 8.21. The van der Waals surface area contributed by atoms with E-state index in [0.717, 1.165) is 0 Å². The van der Waals surface area contributed by atoms with E-state index in [2.05, 4.69) is 10.6 Å². The van der Waals surface area contributed by atoms with Crippen LogP contribution >= 0.6 is 0 Å². The van der Waals surface area contributed by atoms with E-state index in [0.29, 0.717) is 19.7 Å². The van der Waals surface area contributed by atoms with Gasteiger partial charge in [0.05, 0.1) is 13.2 Å². The first kappa shape index (κ1) is 12.9. The summed E-state index contributed by atoms with van der Waals surface area (Å²) < 4.78 is 4.74. The first-order chi connectivity index (χ1) is 6.66. The van der Waals surface area contributed by atoms with Crippen LogP contribution in [-0.2, 0) is 14.3 Å². The van der Waals surface area contributed by atoms with Gasteiger partial charge in [0.25, 0.3) is 0 Å². The van der Waals surface area contributed by atoms with Crippen LogP contribution in [0.15, 0.2) is 0 Å². The summed E-state index contributed by atoms with van der Waals surface area (Å²) in [4.78, 5) is 21.1. The quantitative estimate of drug-likeness (QED) is 0.433. The van der Waals surface area contributed by atoms with Gasteiger partial charge in [0, 0.05) is 26.6 Å². The molecule has 6 heteroatoms. The molecule has 3 N–H and O–H groups in total. The average Bonchev–Trinajstić information content (AvgIpc) is 2.13. The number of hydrogen-bond acceptors (Lipinski definition) is 4. The fraction of sp³-hybridized carbons (Fsp3) is 0.750. The topological polar surface area (TPSA) is 87.7 Å². The second-order valence-electron chi connectivity index (χ2n) is 2.66. The summed E-state index contributed by atoms with van der Waals surface area (Å²) in [7, 11) is 1.56. The number of carboxylic acids is 1. The van der Waals surface area contributed by atoms with Crippen molar-refractivity contribution in [3.05, 3.63) is 0 Å². The molecule has 82 valence electrons. The third-order valence-corrected chi connectivity index (χ3v) is 1.43. The fourth-order valence-electron chi connectivity index (χ4n) is 0.778. The van der Waals surface area contributed by atoms with Crippen LogP contribution in [0.5, 0.6) is 0 Å². The van der Waals surface area contributed by atoms with Crippen molar-refractivity contribution >= 4 is 11.9 Å². The fourth-order valence-corrected chi connectivity index (χ4v) is 0.778. The molecule has 0 spiro atoms. The predicted molar refractivity (Wildman–Crippen MR) is 50.0 cm³/mol. The van der Waals surface area contributed by atoms with E-state index in [4.69, 9.17) is 9.84 Å². The van der Waals surface area contributed by atoms with E-state index >= 15 is 0 Å². The van der Waals surface area contributed by atoms with Crippen LogP contribution < -0.4 is 10.6 Å². The molecule has 0 heterocycles. The third-order valence-electron chi connectivity index (χ3n) is 1.43. The van der Waals surface area contributed by atoms with Crippen molar-refractivity contribution in [3.63, 3.8) is 0 Å². The molecule has 0 radical (unpaired) electrons. The monoisotopic (exact) mass is 204 g/mol. The summed E-state index contributed by atoms with van der Waals surface area (Å²) >= 11 is 0. The number of amides is 1. The third kappa shape index (κ3) is 8.95. The van der Waals surface area contributed by atoms with Gasteiger partial charge in [0.2, 0.25) is 5.91 Å². The Balaban J connectivity index is 3.22. The van der Waals surface area contributed by atoms with Crippen molar-refractivity contribution in [2.24, 2.45) is 0 Å². The molecule has 0 aliphatic heterocycles. The number of nitrogens with one attached hydrogen (secondary N) is 2. The maximum atomic E-state index is 11.0. The minimum absolute atomic E-state index is 0.111. The molecule has 0 aliphatic carbocycles. The number of hydrogen-bond donors (Lipinski definition) is 3. The number of carbonyl (C=O) groups is 2. The van der Waals surface area contributed by atoms with Crippen molar-refractivity contribution < 1.29 is 19.4 Å². The van der Waals surface area contributed by atoms with E-state index < -0.39 is 5.97 Å². The van der Waals surface area contributed by atoms with Crippen molar-refractivity contribution in [3.8, 4) is 0 Å². The molecule has 0 aliphatic rings. The highest BCUT2D eigenvalue weighted by Crippen LogP contribution is 1.77. The first-order valence-corrected chi connectivity index (χ1v) is 4.35. The van der Waals surface area contributed by atoms with Gasteiger partial charge in [0.1, 0.15) is 0 Å². The first-order valence-electron chi connectivity index (χ1n) is 4.35. The second-order valence-corrected chi connectivity index (χ2v) is 2.66. The van der Waals surface area contributed by atoms with Gasteiger partial charge in [-0.2, -0.15) is 0 Å². The highest BCUT2D eigenvalue weighted by molar-refractivity contribution is 5.76. The van der Waals surface area contributed by atoms with Crippen LogP contribution in [-0.4, -0.2) is 50.3 Å². The Morgan fingerprint density at radius 3 is 2.64 bits per heavy atom. The summed E-state index contributed by atoms with van der Waals surface area (Å²) in [5.74, 6) is -1.04. The number of aliphatic carboxylic acids is 1. The lowest BCUT2D eigenvalue weighted by Gasteiger charge is -2.04. The highest BCUT2D eigenvalue weighted by Gasteiger charge is 2.00. The molecular formula is C8H16N2O4. The molecule has 6 nitrogen and oxygen atoms in total. The molecular weight excluding hydrogens is 188 g/mol. The minimum Gasteiger partial charge on any atom is -0.480 e. The van der Waals surface area contributed by atoms with E-state index in [1.54, 1.807) is 7.11 Å². The molecule has 0 aromatic carbocycles. The van der Waals surface area contributed by atoms with E-state index in [-0.39, 0.29) is 18.9 Å². The Kier molecular flexibility index (Phi) is 7.77. The molecule has 1 amide bonds. The average molecular weight is 204 g/mol. The Morgan fingerprint density at radius 2 is 2.07 bits per heavy atom. The van der Waals surface area contributed by atoms with Crippen LogP contribution in [0.25, 0.3) is 0 Å². The molecule has 0 aromatic rings. The maximum absolute atomic E-state index is 11.0. The summed E-state index contributed by atoms with van der Waals surface area (Å²) in [6, 6.07) is 0. The van der Waals surface area contributed by atoms with E-state index in [1.807, 2.05) is 0 Å². The van der Waals surface area contributed by atoms with Crippen LogP contribution in [0, 0.1) is 0 Å². The van der Waals surface area contributed by atoms with Gasteiger partial charge >= 0.3 is 5.97 Å². The Labute approximate surface area is 82.6 Å². The molecule has 0 rings (SSSR count). The van der Waals surface area contributed by atoms with E-state index in [9.17, 15) is 9.59 Å². The summed E-state index contributed by atoms with van der Waals surface area (Å²) in [5, 5.41) is 13.5. The van der Waals surface area contributed by atoms with Gasteiger partial charge in [-0.3, -0.25) is 9.59 Å². The van der Waals surface area contributed by atoms with Crippen LogP contribution in [0.3, 0.4) is 0 Å². The second kappa shape index (κ2) is 8.46. The van der Waals surface area contributed by atoms with Crippen molar-refractivity contribution in [1.29, 1.82) is 0 Å². The molecule has 0 atom stereocenters. The minimum atomic E-state index is -0.926. The normalized spacial score (nSPS) is 9.79. The SMILES string of the molecule is COCCNC(=O)CCNCC(=O)O. The highest BCUT2D eigenvalue weighted by atomic mass is 16.5. The molecule has 0 fully saturated rings. The van der Waals surface area contributed by atoms with Crippen molar-refractivity contribution in [2.45, 2.75) is 6.42 Å². The van der Waals surface area contributed by atoms with Crippen molar-refractivity contribution in [2.75, 3.05) is 33.4 Å². The van der Waals surface area contributed by atoms with Crippen LogP contribution in [0.4, 0.5) is 0 Å². The summed E-state index contributed by atoms with van der Waals surface area (Å²) in [5.41, 5.74) is 0. The van der Waals surface area contributed by atoms with Gasteiger partial charge in [-0.05, 0) is 0 Å². The zero-order chi connectivity index (χ0) is 10.8. The lowest BCUT2D eigenvalue weighted by atomic mass is 10.4. The van der Waals surface area contributed by atoms with Crippen LogP contribution in [0.1, 0.15) is 6.42 Å². The maximum Gasteiger partial charge on any atom is 0.317 e. The molecule has 14 heavy (non-hydrogen) atoms. The molecule has 0 saturated heterocycles. The van der Waals surface area contributed by atoms with Crippen LogP contribution in [0.2, 0.25) is 0 Å². The number of rotatable bonds is 8. The Morgan fingerprint density at radius 1 is 1.36 bits per heavy atom.